The molecule has 2 aromatic heterocycles. The van der Waals surface area contributed by atoms with Gasteiger partial charge in [0.2, 0.25) is 0 Å². The molecule has 1 unspecified atom stereocenters. The molecule has 1 aliphatic rings. The van der Waals surface area contributed by atoms with Crippen molar-refractivity contribution in [3.8, 4) is 22.5 Å². The number of rotatable bonds is 7. The van der Waals surface area contributed by atoms with Gasteiger partial charge in [0, 0.05) is 38.8 Å². The Bertz CT molecular complexity index is 3660. The van der Waals surface area contributed by atoms with E-state index in [1.807, 2.05) is 0 Å². The molecule has 10 aromatic carbocycles. The molecule has 1 atom stereocenters. The average molecular weight is 831 g/mol. The highest BCUT2D eigenvalue weighted by atomic mass is 28.3. The number of benzene rings is 10. The summed E-state index contributed by atoms with van der Waals surface area (Å²) in [6.07, 6.45) is 0. The zero-order valence-corrected chi connectivity index (χ0v) is 36.1. The maximum atomic E-state index is 2.50. The van der Waals surface area contributed by atoms with Crippen molar-refractivity contribution in [3.63, 3.8) is 0 Å². The van der Waals surface area contributed by atoms with Gasteiger partial charge in [0.25, 0.3) is 0 Å². The number of aromatic nitrogens is 2. The Hall–Kier alpha value is -7.98. The molecule has 0 fully saturated rings. The third-order valence-electron chi connectivity index (χ3n) is 13.9. The monoisotopic (exact) mass is 830 g/mol. The Morgan fingerprint density at radius 1 is 0.312 bits per heavy atom. The van der Waals surface area contributed by atoms with E-state index in [0.29, 0.717) is 0 Å². The number of fused-ring (bicyclic) bond motifs is 9. The van der Waals surface area contributed by atoms with Crippen LogP contribution in [0.15, 0.2) is 249 Å². The Labute approximate surface area is 373 Å². The zero-order valence-electron chi connectivity index (χ0n) is 35.1. The van der Waals surface area contributed by atoms with E-state index in [2.05, 4.69) is 258 Å². The normalized spacial score (nSPS) is 13.5. The molecule has 1 aliphatic carbocycles. The summed E-state index contributed by atoms with van der Waals surface area (Å²) in [5.74, 6) is 0.193. The summed E-state index contributed by atoms with van der Waals surface area (Å²) in [4.78, 5) is 0. The van der Waals surface area contributed by atoms with Crippen LogP contribution in [0.1, 0.15) is 22.6 Å². The fourth-order valence-corrected chi connectivity index (χ4v) is 16.3. The summed E-state index contributed by atoms with van der Waals surface area (Å²) in [5.41, 5.74) is 13.9. The van der Waals surface area contributed by atoms with Crippen LogP contribution >= 0.6 is 0 Å². The van der Waals surface area contributed by atoms with Crippen molar-refractivity contribution in [1.82, 2.24) is 9.13 Å². The van der Waals surface area contributed by atoms with Gasteiger partial charge in [-0.1, -0.05) is 194 Å². The molecule has 64 heavy (non-hydrogen) atoms. The van der Waals surface area contributed by atoms with Gasteiger partial charge in [-0.15, -0.1) is 0 Å². The third-order valence-corrected chi connectivity index (χ3v) is 18.8. The lowest BCUT2D eigenvalue weighted by molar-refractivity contribution is 1.02. The van der Waals surface area contributed by atoms with Crippen LogP contribution < -0.4 is 20.7 Å². The first-order valence-electron chi connectivity index (χ1n) is 22.3. The van der Waals surface area contributed by atoms with Gasteiger partial charge in [-0.05, 0) is 103 Å². The van der Waals surface area contributed by atoms with Crippen molar-refractivity contribution in [1.29, 1.82) is 0 Å². The van der Waals surface area contributed by atoms with Crippen molar-refractivity contribution in [3.05, 3.63) is 265 Å². The smallest absolute Gasteiger partial charge is 0.180 e. The van der Waals surface area contributed by atoms with Gasteiger partial charge in [-0.3, -0.25) is 0 Å². The SMILES string of the molecule is c1ccc(C2c3ccccc3-c3cc4c(cc32)c2ccccc2n4-c2ccc([Si](c3ccccc3)(c3ccccc3)c3cccc4c3c3ccccc3n4-c3ccccc3)cc2)cc1. The fraction of sp³-hybridized carbons (Fsp3) is 0.0164. The highest BCUT2D eigenvalue weighted by Gasteiger charge is 2.43. The minimum Gasteiger partial charge on any atom is -0.309 e. The number of hydrogen-bond donors (Lipinski definition) is 0. The Balaban J connectivity index is 1.07. The van der Waals surface area contributed by atoms with Crippen LogP contribution in [0.3, 0.4) is 0 Å². The molecule has 12 aromatic rings. The van der Waals surface area contributed by atoms with Gasteiger partial charge < -0.3 is 9.13 Å². The maximum Gasteiger partial charge on any atom is 0.180 e. The molecule has 2 heterocycles. The Morgan fingerprint density at radius 2 is 0.828 bits per heavy atom. The van der Waals surface area contributed by atoms with E-state index in [1.54, 1.807) is 0 Å². The van der Waals surface area contributed by atoms with Crippen molar-refractivity contribution in [2.24, 2.45) is 0 Å². The summed E-state index contributed by atoms with van der Waals surface area (Å²) >= 11 is 0. The van der Waals surface area contributed by atoms with E-state index in [0.717, 1.165) is 11.4 Å². The molecule has 0 bridgehead atoms. The van der Waals surface area contributed by atoms with Gasteiger partial charge in [0.1, 0.15) is 0 Å². The van der Waals surface area contributed by atoms with Gasteiger partial charge >= 0.3 is 0 Å². The molecule has 0 radical (unpaired) electrons. The zero-order chi connectivity index (χ0) is 42.2. The van der Waals surface area contributed by atoms with E-state index >= 15 is 0 Å². The number of para-hydroxylation sites is 3. The fourth-order valence-electron chi connectivity index (χ4n) is 11.3. The van der Waals surface area contributed by atoms with E-state index in [-0.39, 0.29) is 5.92 Å². The number of hydrogen-bond acceptors (Lipinski definition) is 0. The quantitative estimate of drug-likeness (QED) is 0.112. The largest absolute Gasteiger partial charge is 0.309 e. The summed E-state index contributed by atoms with van der Waals surface area (Å²) < 4.78 is 4.95. The molecule has 13 rings (SSSR count). The van der Waals surface area contributed by atoms with Crippen LogP contribution in [0.5, 0.6) is 0 Å². The topological polar surface area (TPSA) is 9.86 Å². The molecule has 0 amide bonds. The molecule has 0 aliphatic heterocycles. The second-order valence-corrected chi connectivity index (χ2v) is 20.9. The van der Waals surface area contributed by atoms with Crippen molar-refractivity contribution < 1.29 is 0 Å². The molecule has 0 saturated heterocycles. The lowest BCUT2D eigenvalue weighted by Crippen LogP contribution is -2.74. The highest BCUT2D eigenvalue weighted by Crippen LogP contribution is 2.50. The van der Waals surface area contributed by atoms with Crippen LogP contribution in [0.25, 0.3) is 66.1 Å². The average Bonchev–Trinajstić information content (AvgIpc) is 4.00. The van der Waals surface area contributed by atoms with Crippen LogP contribution in [0, 0.1) is 0 Å². The summed E-state index contributed by atoms with van der Waals surface area (Å²) in [6.45, 7) is 0. The summed E-state index contributed by atoms with van der Waals surface area (Å²) in [6, 6.07) is 93.0. The van der Waals surface area contributed by atoms with Gasteiger partial charge in [-0.25, -0.2) is 0 Å². The van der Waals surface area contributed by atoms with Gasteiger partial charge in [-0.2, -0.15) is 0 Å². The minimum atomic E-state index is -3.00. The Morgan fingerprint density at radius 3 is 1.53 bits per heavy atom. The maximum absolute atomic E-state index is 3.00. The summed E-state index contributed by atoms with van der Waals surface area (Å²) in [5, 5.41) is 10.6. The lowest BCUT2D eigenvalue weighted by Gasteiger charge is -2.35. The first-order chi connectivity index (χ1) is 31.8. The predicted molar refractivity (Wildman–Crippen MR) is 272 cm³/mol. The first-order valence-corrected chi connectivity index (χ1v) is 24.3. The van der Waals surface area contributed by atoms with Gasteiger partial charge in [0.05, 0.1) is 22.1 Å². The molecule has 0 N–H and O–H groups in total. The standard InChI is InChI=1S/C61H42N2Si/c1-5-20-42(21-6-1)60-50-30-14-13-28-48(50)52-41-58-53(40-54(52)60)49-29-15-17-32-55(49)63(58)44-36-38-47(39-37-44)64(45-24-9-3-10-25-45,46-26-11-4-12-27-46)59-35-19-34-57-61(59)51-31-16-18-33-56(51)62(57)43-22-7-2-8-23-43/h1-41,60H. The Kier molecular flexibility index (Phi) is 8.34. The third kappa shape index (κ3) is 5.31. The lowest BCUT2D eigenvalue weighted by atomic mass is 9.89. The molecular weight excluding hydrogens is 789 g/mol. The van der Waals surface area contributed by atoms with Crippen molar-refractivity contribution in [2.75, 3.05) is 0 Å². The molecule has 300 valence electrons. The minimum absolute atomic E-state index is 0.193. The van der Waals surface area contributed by atoms with E-state index < -0.39 is 8.07 Å². The highest BCUT2D eigenvalue weighted by molar-refractivity contribution is 7.20. The second kappa shape index (κ2) is 14.6. The van der Waals surface area contributed by atoms with E-state index in [4.69, 9.17) is 0 Å². The molecule has 0 spiro atoms. The van der Waals surface area contributed by atoms with Crippen LogP contribution in [-0.4, -0.2) is 17.2 Å². The summed E-state index contributed by atoms with van der Waals surface area (Å²) in [7, 11) is -3.00. The first kappa shape index (κ1) is 36.7. The molecule has 3 heteroatoms. The van der Waals surface area contributed by atoms with Crippen molar-refractivity contribution in [2.45, 2.75) is 5.92 Å². The number of nitrogens with zero attached hydrogens (tertiary/aromatic N) is 2. The van der Waals surface area contributed by atoms with Crippen LogP contribution in [-0.2, 0) is 0 Å². The van der Waals surface area contributed by atoms with Gasteiger partial charge in [0.15, 0.2) is 8.07 Å². The molecule has 2 nitrogen and oxygen atoms in total. The molecule has 0 saturated carbocycles. The van der Waals surface area contributed by atoms with E-state index in [1.165, 1.54) is 92.2 Å². The van der Waals surface area contributed by atoms with Crippen LogP contribution in [0.2, 0.25) is 0 Å². The van der Waals surface area contributed by atoms with Crippen LogP contribution in [0.4, 0.5) is 0 Å². The van der Waals surface area contributed by atoms with Crippen molar-refractivity contribution >= 4 is 72.4 Å². The molecular formula is C61H42N2Si. The second-order valence-electron chi connectivity index (χ2n) is 17.2. The van der Waals surface area contributed by atoms with E-state index in [9.17, 15) is 0 Å². The predicted octanol–water partition coefficient (Wildman–Crippen LogP) is 12.4.